The highest BCUT2D eigenvalue weighted by molar-refractivity contribution is 7.10. The molecule has 6 heteroatoms. The zero-order chi connectivity index (χ0) is 14.7. The van der Waals surface area contributed by atoms with Crippen LogP contribution in [0.1, 0.15) is 30.2 Å². The molecule has 0 bridgehead atoms. The largest absolute Gasteiger partial charge is 0.480 e. The molecule has 1 fully saturated rings. The van der Waals surface area contributed by atoms with Gasteiger partial charge < -0.3 is 15.3 Å². The third-order valence-corrected chi connectivity index (χ3v) is 4.84. The lowest BCUT2D eigenvalue weighted by molar-refractivity contribution is -0.145. The molecule has 1 aliphatic heterocycles. The van der Waals surface area contributed by atoms with E-state index in [2.05, 4.69) is 5.32 Å². The van der Waals surface area contributed by atoms with Gasteiger partial charge in [0.15, 0.2) is 0 Å². The van der Waals surface area contributed by atoms with Crippen LogP contribution < -0.4 is 5.32 Å². The number of likely N-dealkylation sites (tertiary alicyclic amines) is 1. The lowest BCUT2D eigenvalue weighted by Gasteiger charge is -2.37. The molecule has 2 rings (SSSR count). The average molecular weight is 296 g/mol. The van der Waals surface area contributed by atoms with Crippen molar-refractivity contribution in [1.82, 2.24) is 10.2 Å². The van der Waals surface area contributed by atoms with E-state index in [4.69, 9.17) is 0 Å². The number of amides is 2. The first-order valence-electron chi connectivity index (χ1n) is 6.81. The lowest BCUT2D eigenvalue weighted by atomic mass is 9.91. The summed E-state index contributed by atoms with van der Waals surface area (Å²) in [7, 11) is 0. The molecule has 20 heavy (non-hydrogen) atoms. The summed E-state index contributed by atoms with van der Waals surface area (Å²) in [5, 5.41) is 14.1. The standard InChI is InChI=1S/C14H20N2O3S/c1-9-5-7-20-11(9)8-15-14(19)16-6-3-4-10(2)12(16)13(17)18/h5,7,10,12H,3-4,6,8H2,1-2H3,(H,15,19)(H,17,18). The van der Waals surface area contributed by atoms with Crippen LogP contribution >= 0.6 is 11.3 Å². The van der Waals surface area contributed by atoms with E-state index in [1.54, 1.807) is 11.3 Å². The number of thiophene rings is 1. The molecule has 1 aliphatic rings. The van der Waals surface area contributed by atoms with Gasteiger partial charge in [0.05, 0.1) is 6.54 Å². The monoisotopic (exact) mass is 296 g/mol. The quantitative estimate of drug-likeness (QED) is 0.900. The zero-order valence-electron chi connectivity index (χ0n) is 11.8. The maximum Gasteiger partial charge on any atom is 0.326 e. The SMILES string of the molecule is Cc1ccsc1CNC(=O)N1CCCC(C)C1C(=O)O. The number of aryl methyl sites for hydroxylation is 1. The fraction of sp³-hybridized carbons (Fsp3) is 0.571. The summed E-state index contributed by atoms with van der Waals surface area (Å²) < 4.78 is 0. The van der Waals surface area contributed by atoms with Crippen molar-refractivity contribution < 1.29 is 14.7 Å². The molecule has 2 atom stereocenters. The molecule has 0 radical (unpaired) electrons. The molecule has 2 amide bonds. The van der Waals surface area contributed by atoms with Crippen molar-refractivity contribution >= 4 is 23.3 Å². The first kappa shape index (κ1) is 14.8. The van der Waals surface area contributed by atoms with Crippen LogP contribution in [-0.4, -0.2) is 34.6 Å². The minimum absolute atomic E-state index is 0.00419. The topological polar surface area (TPSA) is 69.6 Å². The summed E-state index contributed by atoms with van der Waals surface area (Å²) in [5.41, 5.74) is 1.15. The van der Waals surface area contributed by atoms with Gasteiger partial charge in [-0.1, -0.05) is 6.92 Å². The number of rotatable bonds is 3. The smallest absolute Gasteiger partial charge is 0.326 e. The number of hydrogen-bond acceptors (Lipinski definition) is 3. The van der Waals surface area contributed by atoms with Crippen LogP contribution in [0, 0.1) is 12.8 Å². The second-order valence-electron chi connectivity index (χ2n) is 5.28. The van der Waals surface area contributed by atoms with E-state index < -0.39 is 12.0 Å². The number of carboxylic acids is 1. The van der Waals surface area contributed by atoms with E-state index in [9.17, 15) is 14.7 Å². The second kappa shape index (κ2) is 6.26. The number of piperidine rings is 1. The zero-order valence-corrected chi connectivity index (χ0v) is 12.6. The highest BCUT2D eigenvalue weighted by Crippen LogP contribution is 2.24. The minimum atomic E-state index is -0.917. The Hall–Kier alpha value is -1.56. The molecular formula is C14H20N2O3S. The van der Waals surface area contributed by atoms with Gasteiger partial charge in [-0.25, -0.2) is 9.59 Å². The average Bonchev–Trinajstić information content (AvgIpc) is 2.80. The Balaban J connectivity index is 2.00. The Labute approximate surface area is 122 Å². The van der Waals surface area contributed by atoms with Gasteiger partial charge in [0.25, 0.3) is 0 Å². The van der Waals surface area contributed by atoms with Crippen molar-refractivity contribution in [3.05, 3.63) is 21.9 Å². The van der Waals surface area contributed by atoms with Crippen molar-refractivity contribution in [2.75, 3.05) is 6.54 Å². The number of nitrogens with zero attached hydrogens (tertiary/aromatic N) is 1. The van der Waals surface area contributed by atoms with Gasteiger partial charge in [-0.2, -0.15) is 0 Å². The van der Waals surface area contributed by atoms with Crippen LogP contribution in [0.3, 0.4) is 0 Å². The van der Waals surface area contributed by atoms with Crippen molar-refractivity contribution in [3.63, 3.8) is 0 Å². The molecule has 1 aromatic rings. The third kappa shape index (κ3) is 3.12. The van der Waals surface area contributed by atoms with Crippen molar-refractivity contribution in [1.29, 1.82) is 0 Å². The summed E-state index contributed by atoms with van der Waals surface area (Å²) in [6, 6.07) is 1.01. The number of aliphatic carboxylic acids is 1. The molecule has 0 saturated carbocycles. The number of carbonyl (C=O) groups is 2. The van der Waals surface area contributed by atoms with Gasteiger partial charge in [0.1, 0.15) is 6.04 Å². The van der Waals surface area contributed by atoms with E-state index in [0.29, 0.717) is 13.1 Å². The maximum atomic E-state index is 12.2. The van der Waals surface area contributed by atoms with Crippen molar-refractivity contribution in [2.45, 2.75) is 39.3 Å². The Kier molecular flexibility index (Phi) is 4.65. The maximum absolute atomic E-state index is 12.2. The Morgan fingerprint density at radius 1 is 1.55 bits per heavy atom. The van der Waals surface area contributed by atoms with Gasteiger partial charge in [0.2, 0.25) is 0 Å². The molecule has 1 aromatic heterocycles. The summed E-state index contributed by atoms with van der Waals surface area (Å²) in [6.07, 6.45) is 1.71. The normalized spacial score (nSPS) is 22.6. The number of urea groups is 1. The van der Waals surface area contributed by atoms with E-state index >= 15 is 0 Å². The molecule has 110 valence electrons. The van der Waals surface area contributed by atoms with Crippen molar-refractivity contribution in [3.8, 4) is 0 Å². The number of carboxylic acid groups (broad SMARTS) is 1. The van der Waals surface area contributed by atoms with Crippen molar-refractivity contribution in [2.24, 2.45) is 5.92 Å². The molecule has 0 aromatic carbocycles. The number of nitrogens with one attached hydrogen (secondary N) is 1. The molecule has 1 saturated heterocycles. The van der Waals surface area contributed by atoms with Crippen LogP contribution in [0.25, 0.3) is 0 Å². The van der Waals surface area contributed by atoms with Gasteiger partial charge >= 0.3 is 12.0 Å². The summed E-state index contributed by atoms with van der Waals surface area (Å²) >= 11 is 1.60. The molecule has 0 aliphatic carbocycles. The molecule has 2 unspecified atom stereocenters. The van der Waals surface area contributed by atoms with E-state index in [-0.39, 0.29) is 11.9 Å². The Bertz CT molecular complexity index is 500. The molecule has 0 spiro atoms. The van der Waals surface area contributed by atoms with Gasteiger partial charge in [-0.05, 0) is 42.7 Å². The first-order valence-corrected chi connectivity index (χ1v) is 7.69. The van der Waals surface area contributed by atoms with Crippen LogP contribution in [0.5, 0.6) is 0 Å². The van der Waals surface area contributed by atoms with Gasteiger partial charge in [-0.3, -0.25) is 0 Å². The fourth-order valence-electron chi connectivity index (χ4n) is 2.63. The second-order valence-corrected chi connectivity index (χ2v) is 6.28. The summed E-state index contributed by atoms with van der Waals surface area (Å²) in [6.45, 7) is 4.86. The number of carbonyl (C=O) groups excluding carboxylic acids is 1. The highest BCUT2D eigenvalue weighted by Gasteiger charge is 2.36. The van der Waals surface area contributed by atoms with Gasteiger partial charge in [0, 0.05) is 11.4 Å². The van der Waals surface area contributed by atoms with Crippen LogP contribution in [0.15, 0.2) is 11.4 Å². The van der Waals surface area contributed by atoms with Crippen LogP contribution in [0.4, 0.5) is 4.79 Å². The number of hydrogen-bond donors (Lipinski definition) is 2. The highest BCUT2D eigenvalue weighted by atomic mass is 32.1. The molecule has 5 nitrogen and oxygen atoms in total. The predicted octanol–water partition coefficient (Wildman–Crippen LogP) is 2.45. The Morgan fingerprint density at radius 2 is 2.30 bits per heavy atom. The van der Waals surface area contributed by atoms with Crippen LogP contribution in [-0.2, 0) is 11.3 Å². The summed E-state index contributed by atoms with van der Waals surface area (Å²) in [4.78, 5) is 26.1. The first-order chi connectivity index (χ1) is 9.50. The molecule has 2 N–H and O–H groups in total. The predicted molar refractivity (Wildman–Crippen MR) is 77.8 cm³/mol. The summed E-state index contributed by atoms with van der Waals surface area (Å²) in [5.74, 6) is -0.921. The van der Waals surface area contributed by atoms with E-state index in [1.165, 1.54) is 4.90 Å². The van der Waals surface area contributed by atoms with Crippen LogP contribution in [0.2, 0.25) is 0 Å². The molecule has 2 heterocycles. The third-order valence-electron chi connectivity index (χ3n) is 3.82. The Morgan fingerprint density at radius 3 is 2.90 bits per heavy atom. The van der Waals surface area contributed by atoms with E-state index in [0.717, 1.165) is 23.3 Å². The fourth-order valence-corrected chi connectivity index (χ4v) is 3.48. The lowest BCUT2D eigenvalue weighted by Crippen LogP contribution is -2.54. The molecular weight excluding hydrogens is 276 g/mol. The van der Waals surface area contributed by atoms with E-state index in [1.807, 2.05) is 25.3 Å². The minimum Gasteiger partial charge on any atom is -0.480 e. The van der Waals surface area contributed by atoms with Gasteiger partial charge in [-0.15, -0.1) is 11.3 Å².